The van der Waals surface area contributed by atoms with E-state index in [9.17, 15) is 0 Å². The molecule has 0 aliphatic heterocycles. The fourth-order valence-corrected chi connectivity index (χ4v) is 2.62. The average molecular weight is 218 g/mol. The van der Waals surface area contributed by atoms with Crippen LogP contribution in [-0.4, -0.2) is 13.1 Å². The number of rotatable bonds is 2. The molecule has 1 aliphatic carbocycles. The molecule has 1 saturated carbocycles. The Labute approximate surface area is 98.4 Å². The maximum Gasteiger partial charge on any atom is 0.0602 e. The van der Waals surface area contributed by atoms with E-state index in [0.29, 0.717) is 6.04 Å². The Morgan fingerprint density at radius 2 is 1.69 bits per heavy atom. The van der Waals surface area contributed by atoms with Gasteiger partial charge in [-0.25, -0.2) is 0 Å². The van der Waals surface area contributed by atoms with Crippen LogP contribution in [0.4, 0.5) is 11.4 Å². The second kappa shape index (κ2) is 4.36. The summed E-state index contributed by atoms with van der Waals surface area (Å²) >= 11 is 0. The van der Waals surface area contributed by atoms with E-state index in [1.54, 1.807) is 0 Å². The molecule has 0 atom stereocenters. The second-order valence-corrected chi connectivity index (χ2v) is 5.04. The summed E-state index contributed by atoms with van der Waals surface area (Å²) in [5, 5.41) is 0. The van der Waals surface area contributed by atoms with Crippen molar-refractivity contribution in [2.24, 2.45) is 0 Å². The Morgan fingerprint density at radius 3 is 2.31 bits per heavy atom. The maximum absolute atomic E-state index is 6.12. The zero-order valence-electron chi connectivity index (χ0n) is 10.6. The first kappa shape index (κ1) is 11.3. The van der Waals surface area contributed by atoms with E-state index in [1.165, 1.54) is 42.5 Å². The molecule has 0 radical (unpaired) electrons. The second-order valence-electron chi connectivity index (χ2n) is 5.04. The van der Waals surface area contributed by atoms with Gasteiger partial charge in [-0.05, 0) is 49.9 Å². The summed E-state index contributed by atoms with van der Waals surface area (Å²) in [5.74, 6) is 0. The molecule has 2 N–H and O–H groups in total. The minimum Gasteiger partial charge on any atom is -0.397 e. The van der Waals surface area contributed by atoms with Gasteiger partial charge in [0, 0.05) is 13.1 Å². The fraction of sp³-hybridized carbons (Fsp3) is 0.571. The Bertz CT molecular complexity index is 379. The Kier molecular flexibility index (Phi) is 3.08. The Morgan fingerprint density at radius 1 is 1.12 bits per heavy atom. The minimum absolute atomic E-state index is 0.685. The lowest BCUT2D eigenvalue weighted by Gasteiger charge is -2.28. The molecule has 0 saturated heterocycles. The molecule has 0 heterocycles. The van der Waals surface area contributed by atoms with E-state index in [0.717, 1.165) is 5.69 Å². The number of nitrogen functional groups attached to an aromatic ring is 1. The quantitative estimate of drug-likeness (QED) is 0.772. The number of anilines is 2. The predicted molar refractivity (Wildman–Crippen MR) is 71.0 cm³/mol. The Balaban J connectivity index is 2.28. The van der Waals surface area contributed by atoms with Gasteiger partial charge in [-0.1, -0.05) is 12.8 Å². The molecule has 88 valence electrons. The molecule has 1 aliphatic rings. The molecule has 1 aromatic carbocycles. The van der Waals surface area contributed by atoms with Gasteiger partial charge in [0.1, 0.15) is 0 Å². The van der Waals surface area contributed by atoms with Crippen LogP contribution in [-0.2, 0) is 0 Å². The molecule has 2 rings (SSSR count). The summed E-state index contributed by atoms with van der Waals surface area (Å²) in [6, 6.07) is 5.00. The zero-order chi connectivity index (χ0) is 11.7. The molecular formula is C14H22N2. The summed E-state index contributed by atoms with van der Waals surface area (Å²) in [7, 11) is 2.18. The highest BCUT2D eigenvalue weighted by Gasteiger charge is 2.21. The monoisotopic (exact) mass is 218 g/mol. The zero-order valence-corrected chi connectivity index (χ0v) is 10.6. The van der Waals surface area contributed by atoms with Gasteiger partial charge in [0.05, 0.1) is 11.4 Å². The lowest BCUT2D eigenvalue weighted by molar-refractivity contribution is 0.654. The van der Waals surface area contributed by atoms with Crippen molar-refractivity contribution in [2.45, 2.75) is 45.6 Å². The smallest absolute Gasteiger partial charge is 0.0602 e. The van der Waals surface area contributed by atoms with Crippen LogP contribution in [0.2, 0.25) is 0 Å². The lowest BCUT2D eigenvalue weighted by atomic mass is 10.1. The van der Waals surface area contributed by atoms with Gasteiger partial charge in [0.2, 0.25) is 0 Å². The molecule has 2 heteroatoms. The van der Waals surface area contributed by atoms with Gasteiger partial charge < -0.3 is 10.6 Å². The van der Waals surface area contributed by atoms with E-state index in [4.69, 9.17) is 5.73 Å². The fourth-order valence-electron chi connectivity index (χ4n) is 2.62. The number of aryl methyl sites for hydroxylation is 2. The standard InChI is InChI=1S/C14H22N2/c1-10-8-13(15)14(9-11(10)2)16(3)12-6-4-5-7-12/h8-9,12H,4-7,15H2,1-3H3. The van der Waals surface area contributed by atoms with Crippen molar-refractivity contribution in [2.75, 3.05) is 17.7 Å². The third kappa shape index (κ3) is 2.01. The van der Waals surface area contributed by atoms with E-state index in [1.807, 2.05) is 0 Å². The van der Waals surface area contributed by atoms with Crippen molar-refractivity contribution < 1.29 is 0 Å². The van der Waals surface area contributed by atoms with Crippen LogP contribution >= 0.6 is 0 Å². The first-order chi connectivity index (χ1) is 7.59. The number of benzene rings is 1. The van der Waals surface area contributed by atoms with Crippen LogP contribution in [0.25, 0.3) is 0 Å². The van der Waals surface area contributed by atoms with Gasteiger partial charge in [0.15, 0.2) is 0 Å². The molecule has 0 aromatic heterocycles. The van der Waals surface area contributed by atoms with Gasteiger partial charge in [-0.3, -0.25) is 0 Å². The molecule has 0 amide bonds. The predicted octanol–water partition coefficient (Wildman–Crippen LogP) is 3.26. The van der Waals surface area contributed by atoms with Crippen molar-refractivity contribution in [1.82, 2.24) is 0 Å². The minimum atomic E-state index is 0.685. The highest BCUT2D eigenvalue weighted by Crippen LogP contribution is 2.32. The summed E-state index contributed by atoms with van der Waals surface area (Å²) < 4.78 is 0. The summed E-state index contributed by atoms with van der Waals surface area (Å²) in [6.45, 7) is 4.27. The first-order valence-corrected chi connectivity index (χ1v) is 6.19. The number of hydrogen-bond acceptors (Lipinski definition) is 2. The number of nitrogens with two attached hydrogens (primary N) is 1. The third-order valence-electron chi connectivity index (χ3n) is 3.90. The van der Waals surface area contributed by atoms with E-state index in [2.05, 4.69) is 37.9 Å². The molecular weight excluding hydrogens is 196 g/mol. The third-order valence-corrected chi connectivity index (χ3v) is 3.90. The first-order valence-electron chi connectivity index (χ1n) is 6.19. The highest BCUT2D eigenvalue weighted by atomic mass is 15.1. The van der Waals surface area contributed by atoms with Gasteiger partial charge >= 0.3 is 0 Å². The van der Waals surface area contributed by atoms with Crippen LogP contribution < -0.4 is 10.6 Å². The number of nitrogens with zero attached hydrogens (tertiary/aromatic N) is 1. The van der Waals surface area contributed by atoms with E-state index >= 15 is 0 Å². The highest BCUT2D eigenvalue weighted by molar-refractivity contribution is 5.70. The van der Waals surface area contributed by atoms with E-state index < -0.39 is 0 Å². The largest absolute Gasteiger partial charge is 0.397 e. The lowest BCUT2D eigenvalue weighted by Crippen LogP contribution is -2.29. The normalized spacial score (nSPS) is 16.7. The summed E-state index contributed by atoms with van der Waals surface area (Å²) in [5.41, 5.74) is 10.8. The molecule has 16 heavy (non-hydrogen) atoms. The van der Waals surface area contributed by atoms with Gasteiger partial charge in [-0.15, -0.1) is 0 Å². The summed E-state index contributed by atoms with van der Waals surface area (Å²) in [4.78, 5) is 2.37. The molecule has 0 bridgehead atoms. The topological polar surface area (TPSA) is 29.3 Å². The van der Waals surface area contributed by atoms with Crippen molar-refractivity contribution in [1.29, 1.82) is 0 Å². The molecule has 1 fully saturated rings. The molecule has 2 nitrogen and oxygen atoms in total. The summed E-state index contributed by atoms with van der Waals surface area (Å²) in [6.07, 6.45) is 5.34. The van der Waals surface area contributed by atoms with Crippen LogP contribution in [0.3, 0.4) is 0 Å². The molecule has 0 spiro atoms. The van der Waals surface area contributed by atoms with Crippen molar-refractivity contribution in [3.63, 3.8) is 0 Å². The molecule has 0 unspecified atom stereocenters. The van der Waals surface area contributed by atoms with Gasteiger partial charge in [-0.2, -0.15) is 0 Å². The average Bonchev–Trinajstić information content (AvgIpc) is 2.75. The van der Waals surface area contributed by atoms with E-state index in [-0.39, 0.29) is 0 Å². The van der Waals surface area contributed by atoms with Crippen LogP contribution in [0.15, 0.2) is 12.1 Å². The maximum atomic E-state index is 6.12. The number of hydrogen-bond donors (Lipinski definition) is 1. The van der Waals surface area contributed by atoms with Crippen LogP contribution in [0.1, 0.15) is 36.8 Å². The van der Waals surface area contributed by atoms with Crippen molar-refractivity contribution in [3.8, 4) is 0 Å². The molecule has 1 aromatic rings. The van der Waals surface area contributed by atoms with Crippen LogP contribution in [0, 0.1) is 13.8 Å². The van der Waals surface area contributed by atoms with Crippen molar-refractivity contribution >= 4 is 11.4 Å². The van der Waals surface area contributed by atoms with Crippen molar-refractivity contribution in [3.05, 3.63) is 23.3 Å². The SMILES string of the molecule is Cc1cc(N)c(N(C)C2CCCC2)cc1C. The van der Waals surface area contributed by atoms with Gasteiger partial charge in [0.25, 0.3) is 0 Å². The Hall–Kier alpha value is -1.18. The van der Waals surface area contributed by atoms with Crippen LogP contribution in [0.5, 0.6) is 0 Å².